The lowest BCUT2D eigenvalue weighted by atomic mass is 10.2. The van der Waals surface area contributed by atoms with Crippen molar-refractivity contribution in [3.05, 3.63) is 60.8 Å². The van der Waals surface area contributed by atoms with Crippen LogP contribution in [0.25, 0.3) is 11.2 Å². The summed E-state index contributed by atoms with van der Waals surface area (Å²) in [6.45, 7) is 2.54. The molecule has 0 spiro atoms. The fourth-order valence-electron chi connectivity index (χ4n) is 2.74. The molecule has 0 fully saturated rings. The van der Waals surface area contributed by atoms with E-state index < -0.39 is 16.2 Å². The minimum absolute atomic E-state index is 0.0410. The molecule has 2 aromatic heterocycles. The van der Waals surface area contributed by atoms with Crippen molar-refractivity contribution in [3.8, 4) is 0 Å². The quantitative estimate of drug-likeness (QED) is 0.359. The SMILES string of the molecule is CCCCn1c(N/N=C/c2cccc([N+](=O)[O-])c2)nc2c1c(=O)[nH]c(=O)n2C. The van der Waals surface area contributed by atoms with Gasteiger partial charge < -0.3 is 4.57 Å². The molecule has 0 unspecified atom stereocenters. The van der Waals surface area contributed by atoms with E-state index in [2.05, 4.69) is 20.5 Å². The van der Waals surface area contributed by atoms with E-state index in [1.54, 1.807) is 16.7 Å². The van der Waals surface area contributed by atoms with E-state index in [0.29, 0.717) is 18.1 Å². The molecule has 0 bridgehead atoms. The van der Waals surface area contributed by atoms with Gasteiger partial charge >= 0.3 is 5.69 Å². The zero-order valence-electron chi connectivity index (χ0n) is 15.4. The normalized spacial score (nSPS) is 11.4. The molecule has 2 N–H and O–H groups in total. The summed E-state index contributed by atoms with van der Waals surface area (Å²) in [4.78, 5) is 41.1. The number of aryl methyl sites for hydroxylation is 2. The lowest BCUT2D eigenvalue weighted by Crippen LogP contribution is -2.29. The minimum Gasteiger partial charge on any atom is -0.303 e. The van der Waals surface area contributed by atoms with E-state index in [1.165, 1.54) is 30.0 Å². The van der Waals surface area contributed by atoms with E-state index in [9.17, 15) is 19.7 Å². The number of aromatic amines is 1. The summed E-state index contributed by atoms with van der Waals surface area (Å²) in [7, 11) is 1.52. The molecule has 0 amide bonds. The Labute approximate surface area is 158 Å². The Morgan fingerprint density at radius 3 is 2.89 bits per heavy atom. The fourth-order valence-corrected chi connectivity index (χ4v) is 2.74. The van der Waals surface area contributed by atoms with Crippen molar-refractivity contribution >= 4 is 29.0 Å². The second kappa shape index (κ2) is 7.86. The van der Waals surface area contributed by atoms with Crippen LogP contribution in [0.4, 0.5) is 11.6 Å². The van der Waals surface area contributed by atoms with Gasteiger partial charge in [-0.2, -0.15) is 10.1 Å². The Kier molecular flexibility index (Phi) is 5.34. The third-order valence-electron chi connectivity index (χ3n) is 4.20. The smallest absolute Gasteiger partial charge is 0.303 e. The van der Waals surface area contributed by atoms with Gasteiger partial charge in [-0.05, 0) is 6.42 Å². The third kappa shape index (κ3) is 3.68. The molecule has 146 valence electrons. The van der Waals surface area contributed by atoms with Gasteiger partial charge in [0, 0.05) is 31.3 Å². The largest absolute Gasteiger partial charge is 0.329 e. The number of hydrazone groups is 1. The number of non-ortho nitro benzene ring substituents is 1. The molecule has 0 aliphatic carbocycles. The molecule has 1 aromatic carbocycles. The number of nitrogens with one attached hydrogen (secondary N) is 2. The highest BCUT2D eigenvalue weighted by Crippen LogP contribution is 2.17. The van der Waals surface area contributed by atoms with Crippen LogP contribution in [-0.2, 0) is 13.6 Å². The second-order valence-corrected chi connectivity index (χ2v) is 6.15. The Balaban J connectivity index is 1.98. The van der Waals surface area contributed by atoms with Crippen molar-refractivity contribution < 1.29 is 4.92 Å². The standard InChI is InChI=1S/C17H19N7O4/c1-3-4-8-23-13-14(22(2)17(26)20-15(13)25)19-16(23)21-18-10-11-6-5-7-12(9-11)24(27)28/h5-7,9-10H,3-4,8H2,1-2H3,(H,19,21)(H,20,25,26)/b18-10+. The topological polar surface area (TPSA) is 140 Å². The number of hydrogen-bond acceptors (Lipinski definition) is 7. The molecule has 0 aliphatic heterocycles. The Hall–Kier alpha value is -3.76. The average molecular weight is 385 g/mol. The molecule has 3 aromatic rings. The number of benzene rings is 1. The third-order valence-corrected chi connectivity index (χ3v) is 4.20. The number of unbranched alkanes of at least 4 members (excludes halogenated alkanes) is 1. The molecule has 0 saturated heterocycles. The van der Waals surface area contributed by atoms with Crippen molar-refractivity contribution in [2.75, 3.05) is 5.43 Å². The maximum absolute atomic E-state index is 12.3. The predicted molar refractivity (Wildman–Crippen MR) is 105 cm³/mol. The van der Waals surface area contributed by atoms with E-state index in [-0.39, 0.29) is 16.9 Å². The van der Waals surface area contributed by atoms with Crippen LogP contribution in [0.15, 0.2) is 39.0 Å². The number of imidazole rings is 1. The molecule has 11 nitrogen and oxygen atoms in total. The van der Waals surface area contributed by atoms with E-state index in [0.717, 1.165) is 12.8 Å². The number of H-pyrrole nitrogens is 1. The first-order valence-electron chi connectivity index (χ1n) is 8.65. The van der Waals surface area contributed by atoms with Crippen LogP contribution in [-0.4, -0.2) is 30.2 Å². The van der Waals surface area contributed by atoms with Crippen LogP contribution in [0.5, 0.6) is 0 Å². The van der Waals surface area contributed by atoms with Crippen LogP contribution in [0, 0.1) is 10.1 Å². The highest BCUT2D eigenvalue weighted by Gasteiger charge is 2.16. The van der Waals surface area contributed by atoms with Crippen molar-refractivity contribution in [2.24, 2.45) is 12.1 Å². The second-order valence-electron chi connectivity index (χ2n) is 6.15. The molecule has 0 aliphatic rings. The molecule has 11 heteroatoms. The number of rotatable bonds is 7. The van der Waals surface area contributed by atoms with Crippen LogP contribution >= 0.6 is 0 Å². The lowest BCUT2D eigenvalue weighted by Gasteiger charge is -2.06. The van der Waals surface area contributed by atoms with Gasteiger partial charge in [-0.3, -0.25) is 24.5 Å². The number of nitrogens with zero attached hydrogens (tertiary/aromatic N) is 5. The molecule has 0 saturated carbocycles. The highest BCUT2D eigenvalue weighted by atomic mass is 16.6. The van der Waals surface area contributed by atoms with Crippen LogP contribution in [0.1, 0.15) is 25.3 Å². The summed E-state index contributed by atoms with van der Waals surface area (Å²) in [5, 5.41) is 14.9. The van der Waals surface area contributed by atoms with Gasteiger partial charge in [0.05, 0.1) is 11.1 Å². The zero-order chi connectivity index (χ0) is 20.3. The van der Waals surface area contributed by atoms with Crippen LogP contribution in [0.2, 0.25) is 0 Å². The van der Waals surface area contributed by atoms with Crippen LogP contribution < -0.4 is 16.7 Å². The molecule has 0 atom stereocenters. The molecule has 2 heterocycles. The van der Waals surface area contributed by atoms with Crippen molar-refractivity contribution in [3.63, 3.8) is 0 Å². The molecule has 3 rings (SSSR count). The van der Waals surface area contributed by atoms with Crippen molar-refractivity contribution in [2.45, 2.75) is 26.3 Å². The summed E-state index contributed by atoms with van der Waals surface area (Å²) in [5.74, 6) is 0.303. The van der Waals surface area contributed by atoms with Gasteiger partial charge in [-0.25, -0.2) is 10.2 Å². The minimum atomic E-state index is -0.552. The lowest BCUT2D eigenvalue weighted by molar-refractivity contribution is -0.384. The Morgan fingerprint density at radius 1 is 1.39 bits per heavy atom. The molecule has 28 heavy (non-hydrogen) atoms. The first kappa shape index (κ1) is 19.0. The Bertz CT molecular complexity index is 1170. The van der Waals surface area contributed by atoms with E-state index >= 15 is 0 Å². The zero-order valence-corrected chi connectivity index (χ0v) is 15.4. The predicted octanol–water partition coefficient (Wildman–Crippen LogP) is 1.58. The first-order valence-corrected chi connectivity index (χ1v) is 8.65. The number of nitro benzene ring substituents is 1. The average Bonchev–Trinajstić information content (AvgIpc) is 3.04. The van der Waals surface area contributed by atoms with Gasteiger partial charge in [-0.1, -0.05) is 25.5 Å². The molecular weight excluding hydrogens is 366 g/mol. The fraction of sp³-hybridized carbons (Fsp3) is 0.294. The monoisotopic (exact) mass is 385 g/mol. The number of anilines is 1. The summed E-state index contributed by atoms with van der Waals surface area (Å²) in [5.41, 5.74) is 2.72. The molecular formula is C17H19N7O4. The van der Waals surface area contributed by atoms with Gasteiger partial charge in [0.15, 0.2) is 11.2 Å². The highest BCUT2D eigenvalue weighted by molar-refractivity contribution is 5.81. The van der Waals surface area contributed by atoms with Gasteiger partial charge in [-0.15, -0.1) is 0 Å². The van der Waals surface area contributed by atoms with Crippen LogP contribution in [0.3, 0.4) is 0 Å². The Morgan fingerprint density at radius 2 is 2.18 bits per heavy atom. The number of nitro groups is 1. The summed E-state index contributed by atoms with van der Waals surface area (Å²) in [6.07, 6.45) is 3.12. The van der Waals surface area contributed by atoms with Crippen molar-refractivity contribution in [1.82, 2.24) is 19.1 Å². The van der Waals surface area contributed by atoms with Gasteiger partial charge in [0.1, 0.15) is 0 Å². The summed E-state index contributed by atoms with van der Waals surface area (Å²) in [6, 6.07) is 6.01. The number of aromatic nitrogens is 4. The van der Waals surface area contributed by atoms with Gasteiger partial charge in [0.25, 0.3) is 11.2 Å². The molecule has 0 radical (unpaired) electrons. The maximum Gasteiger partial charge on any atom is 0.329 e. The maximum atomic E-state index is 12.3. The first-order chi connectivity index (χ1) is 13.4. The van der Waals surface area contributed by atoms with E-state index in [1.807, 2.05) is 6.92 Å². The summed E-state index contributed by atoms with van der Waals surface area (Å²) >= 11 is 0. The van der Waals surface area contributed by atoms with Gasteiger partial charge in [0.2, 0.25) is 5.95 Å². The van der Waals surface area contributed by atoms with E-state index in [4.69, 9.17) is 0 Å². The number of fused-ring (bicyclic) bond motifs is 1. The summed E-state index contributed by atoms with van der Waals surface area (Å²) < 4.78 is 2.93. The van der Waals surface area contributed by atoms with Crippen molar-refractivity contribution in [1.29, 1.82) is 0 Å². The number of hydrogen-bond donors (Lipinski definition) is 2.